The first kappa shape index (κ1) is 21.0. The fraction of sp³-hybridized carbons (Fsp3) is 0.261. The number of hydrogen-bond donors (Lipinski definition) is 1. The van der Waals surface area contributed by atoms with Gasteiger partial charge in [0.15, 0.2) is 21.2 Å². The van der Waals surface area contributed by atoms with Gasteiger partial charge in [0.05, 0.1) is 16.1 Å². The number of carbonyl (C=O) groups excluding carboxylic acids is 2. The number of benzene rings is 2. The summed E-state index contributed by atoms with van der Waals surface area (Å²) in [6, 6.07) is 16.8. The lowest BCUT2D eigenvalue weighted by atomic mass is 10.1. The van der Waals surface area contributed by atoms with Crippen molar-refractivity contribution >= 4 is 38.3 Å². The van der Waals surface area contributed by atoms with Gasteiger partial charge in [0.2, 0.25) is 0 Å². The number of carbonyl (C=O) groups is 2. The molecule has 2 aromatic carbocycles. The van der Waals surface area contributed by atoms with Gasteiger partial charge in [0.1, 0.15) is 0 Å². The molecule has 1 aliphatic carbocycles. The highest BCUT2D eigenvalue weighted by molar-refractivity contribution is 7.93. The van der Waals surface area contributed by atoms with Crippen molar-refractivity contribution in [3.63, 3.8) is 0 Å². The third-order valence-corrected chi connectivity index (χ3v) is 8.10. The first-order chi connectivity index (χ1) is 14.9. The Balaban J connectivity index is 1.49. The van der Waals surface area contributed by atoms with Gasteiger partial charge in [0.25, 0.3) is 5.91 Å². The fourth-order valence-corrected chi connectivity index (χ4v) is 6.09. The molecule has 1 fully saturated rings. The summed E-state index contributed by atoms with van der Waals surface area (Å²) < 4.78 is 30.1. The zero-order valence-corrected chi connectivity index (χ0v) is 17.6. The monoisotopic (exact) mass is 438 g/mol. The molecule has 1 aromatic heterocycles. The molecule has 0 bridgehead atoms. The Bertz CT molecular complexity index is 1210. The van der Waals surface area contributed by atoms with Crippen LogP contribution < -0.4 is 5.32 Å². The number of sulfone groups is 1. The molecule has 1 aliphatic rings. The summed E-state index contributed by atoms with van der Waals surface area (Å²) in [7, 11) is -3.95. The maximum absolute atomic E-state index is 13.3. The minimum Gasteiger partial charge on any atom is -0.454 e. The van der Waals surface area contributed by atoms with Crippen molar-refractivity contribution in [3.8, 4) is 0 Å². The Morgan fingerprint density at radius 1 is 0.968 bits per heavy atom. The number of hydrogen-bond acceptors (Lipinski definition) is 6. The second-order valence-electron chi connectivity index (χ2n) is 7.52. The maximum atomic E-state index is 13.3. The molecule has 0 unspecified atom stereocenters. The van der Waals surface area contributed by atoms with Crippen molar-refractivity contribution in [2.75, 3.05) is 11.9 Å². The van der Waals surface area contributed by atoms with E-state index >= 15 is 0 Å². The molecule has 160 valence electrons. The predicted molar refractivity (Wildman–Crippen MR) is 116 cm³/mol. The van der Waals surface area contributed by atoms with Gasteiger partial charge in [-0.2, -0.15) is 0 Å². The molecule has 0 aliphatic heterocycles. The van der Waals surface area contributed by atoms with Gasteiger partial charge in [0, 0.05) is 11.6 Å². The molecular weight excluding hydrogens is 416 g/mol. The quantitative estimate of drug-likeness (QED) is 0.591. The number of nitrogens with one attached hydrogen (secondary N) is 1. The normalized spacial score (nSPS) is 15.5. The van der Waals surface area contributed by atoms with Crippen molar-refractivity contribution in [2.24, 2.45) is 0 Å². The second-order valence-corrected chi connectivity index (χ2v) is 9.78. The van der Waals surface area contributed by atoms with E-state index in [2.05, 4.69) is 10.3 Å². The van der Waals surface area contributed by atoms with Gasteiger partial charge in [-0.3, -0.25) is 14.6 Å². The van der Waals surface area contributed by atoms with Crippen LogP contribution in [0.25, 0.3) is 10.9 Å². The molecule has 0 radical (unpaired) electrons. The first-order valence-electron chi connectivity index (χ1n) is 10.0. The van der Waals surface area contributed by atoms with Crippen LogP contribution in [-0.2, 0) is 24.2 Å². The number of ether oxygens (including phenoxy) is 1. The summed E-state index contributed by atoms with van der Waals surface area (Å²) >= 11 is 0. The van der Waals surface area contributed by atoms with Crippen molar-refractivity contribution < 1.29 is 22.7 Å². The molecule has 0 atom stereocenters. The van der Waals surface area contributed by atoms with Crippen LogP contribution >= 0.6 is 0 Å². The summed E-state index contributed by atoms with van der Waals surface area (Å²) in [5.41, 5.74) is 1.26. The number of nitrogens with zero attached hydrogens (tertiary/aromatic N) is 1. The lowest BCUT2D eigenvalue weighted by Crippen LogP contribution is -2.46. The van der Waals surface area contributed by atoms with Gasteiger partial charge in [-0.15, -0.1) is 0 Å². The Morgan fingerprint density at radius 2 is 1.71 bits per heavy atom. The minimum absolute atomic E-state index is 0.0848. The number of pyridine rings is 1. The highest BCUT2D eigenvalue weighted by atomic mass is 32.2. The van der Waals surface area contributed by atoms with E-state index in [0.29, 0.717) is 18.5 Å². The van der Waals surface area contributed by atoms with Crippen molar-refractivity contribution in [1.82, 2.24) is 4.98 Å². The highest BCUT2D eigenvalue weighted by Crippen LogP contribution is 2.41. The fourth-order valence-electron chi connectivity index (χ4n) is 4.02. The van der Waals surface area contributed by atoms with Crippen molar-refractivity contribution in [2.45, 2.75) is 35.3 Å². The van der Waals surface area contributed by atoms with Crippen LogP contribution in [-0.4, -0.2) is 36.6 Å². The van der Waals surface area contributed by atoms with Gasteiger partial charge in [-0.25, -0.2) is 8.42 Å². The smallest absolute Gasteiger partial charge is 0.328 e. The Kier molecular flexibility index (Phi) is 5.73. The van der Waals surface area contributed by atoms with E-state index in [1.54, 1.807) is 42.6 Å². The van der Waals surface area contributed by atoms with Crippen LogP contribution in [0.15, 0.2) is 71.8 Å². The average molecular weight is 439 g/mol. The van der Waals surface area contributed by atoms with Gasteiger partial charge in [-0.05, 0) is 49.2 Å². The Hall–Kier alpha value is -3.26. The zero-order valence-electron chi connectivity index (χ0n) is 16.8. The molecule has 1 amide bonds. The van der Waals surface area contributed by atoms with Crippen LogP contribution in [0.3, 0.4) is 0 Å². The third kappa shape index (κ3) is 3.90. The van der Waals surface area contributed by atoms with E-state index in [4.69, 9.17) is 4.74 Å². The van der Waals surface area contributed by atoms with Gasteiger partial charge >= 0.3 is 5.97 Å². The Morgan fingerprint density at radius 3 is 2.45 bits per heavy atom. The number of aromatic nitrogens is 1. The largest absolute Gasteiger partial charge is 0.454 e. The van der Waals surface area contributed by atoms with E-state index in [9.17, 15) is 18.0 Å². The molecule has 8 heteroatoms. The lowest BCUT2D eigenvalue weighted by Gasteiger charge is -2.26. The van der Waals surface area contributed by atoms with Crippen LogP contribution in [0.1, 0.15) is 25.7 Å². The number of anilines is 1. The van der Waals surface area contributed by atoms with Gasteiger partial charge in [-0.1, -0.05) is 37.1 Å². The SMILES string of the molecule is O=C(COC(=O)C1(S(=O)(=O)c2ccccc2)CCCC1)Nc1cccc2ncccc12. The first-order valence-corrected chi connectivity index (χ1v) is 11.5. The molecular formula is C23H22N2O5S. The lowest BCUT2D eigenvalue weighted by molar-refractivity contribution is -0.149. The summed E-state index contributed by atoms with van der Waals surface area (Å²) in [5, 5.41) is 3.46. The molecule has 3 aromatic rings. The second kappa shape index (κ2) is 8.47. The summed E-state index contributed by atoms with van der Waals surface area (Å²) in [6.07, 6.45) is 3.23. The van der Waals surface area contributed by atoms with E-state index in [0.717, 1.165) is 10.9 Å². The molecule has 0 saturated heterocycles. The van der Waals surface area contributed by atoms with Crippen LogP contribution in [0.2, 0.25) is 0 Å². The standard InChI is InChI=1S/C23H22N2O5S/c26-21(25-20-12-6-11-19-18(20)10-7-15-24-19)16-30-22(27)23(13-4-5-14-23)31(28,29)17-8-2-1-3-9-17/h1-3,6-12,15H,4-5,13-14,16H2,(H,25,26). The number of fused-ring (bicyclic) bond motifs is 1. The van der Waals surface area contributed by atoms with E-state index in [1.807, 2.05) is 12.1 Å². The topological polar surface area (TPSA) is 102 Å². The van der Waals surface area contributed by atoms with Crippen LogP contribution in [0, 0.1) is 0 Å². The predicted octanol–water partition coefficient (Wildman–Crippen LogP) is 3.50. The molecule has 7 nitrogen and oxygen atoms in total. The van der Waals surface area contributed by atoms with Crippen molar-refractivity contribution in [1.29, 1.82) is 0 Å². The summed E-state index contributed by atoms with van der Waals surface area (Å²) in [5.74, 6) is -1.42. The van der Waals surface area contributed by atoms with E-state index in [1.165, 1.54) is 12.1 Å². The minimum atomic E-state index is -3.95. The maximum Gasteiger partial charge on any atom is 0.328 e. The van der Waals surface area contributed by atoms with Crippen molar-refractivity contribution in [3.05, 3.63) is 66.9 Å². The van der Waals surface area contributed by atoms with Gasteiger partial charge < -0.3 is 10.1 Å². The molecule has 1 heterocycles. The Labute approximate surface area is 180 Å². The van der Waals surface area contributed by atoms with Crippen LogP contribution in [0.5, 0.6) is 0 Å². The third-order valence-electron chi connectivity index (χ3n) is 5.61. The zero-order chi connectivity index (χ0) is 21.9. The molecule has 1 saturated carbocycles. The molecule has 1 N–H and O–H groups in total. The van der Waals surface area contributed by atoms with Crippen LogP contribution in [0.4, 0.5) is 5.69 Å². The number of amides is 1. The molecule has 4 rings (SSSR count). The van der Waals surface area contributed by atoms with E-state index in [-0.39, 0.29) is 17.7 Å². The number of esters is 1. The highest BCUT2D eigenvalue weighted by Gasteiger charge is 2.54. The molecule has 0 spiro atoms. The molecule has 31 heavy (non-hydrogen) atoms. The van der Waals surface area contributed by atoms with E-state index < -0.39 is 33.1 Å². The average Bonchev–Trinajstić information content (AvgIpc) is 3.30. The summed E-state index contributed by atoms with van der Waals surface area (Å²) in [4.78, 5) is 29.7. The summed E-state index contributed by atoms with van der Waals surface area (Å²) in [6.45, 7) is -0.568. The number of rotatable bonds is 6.